The second-order valence-electron chi connectivity index (χ2n) is 14.5. The van der Waals surface area contributed by atoms with Gasteiger partial charge in [0, 0.05) is 38.5 Å². The summed E-state index contributed by atoms with van der Waals surface area (Å²) in [6, 6.07) is 79.3. The lowest BCUT2D eigenvalue weighted by atomic mass is 9.99. The van der Waals surface area contributed by atoms with Crippen molar-refractivity contribution in [2.24, 2.45) is 0 Å². The molecule has 11 rings (SSSR count). The summed E-state index contributed by atoms with van der Waals surface area (Å²) in [5.74, 6) is 0. The topological polar surface area (TPSA) is 9.86 Å². The summed E-state index contributed by atoms with van der Waals surface area (Å²) in [5, 5.41) is 4.99. The Bertz CT molecular complexity index is 3190. The minimum atomic E-state index is 1.15. The van der Waals surface area contributed by atoms with Crippen molar-refractivity contribution < 1.29 is 0 Å². The monoisotopic (exact) mass is 712 g/mol. The zero-order valence-electron chi connectivity index (χ0n) is 30.7. The molecule has 0 bridgehead atoms. The summed E-state index contributed by atoms with van der Waals surface area (Å²) in [6.45, 7) is 0. The number of hydrogen-bond acceptors (Lipinski definition) is 0. The molecule has 262 valence electrons. The Morgan fingerprint density at radius 1 is 0.232 bits per heavy atom. The molecule has 0 amide bonds. The molecule has 0 saturated carbocycles. The van der Waals surface area contributed by atoms with Gasteiger partial charge < -0.3 is 9.13 Å². The fourth-order valence-electron chi connectivity index (χ4n) is 8.66. The summed E-state index contributed by atoms with van der Waals surface area (Å²) in [6.07, 6.45) is 0. The molecule has 56 heavy (non-hydrogen) atoms. The number of rotatable bonds is 6. The molecular weight excluding hydrogens is 677 g/mol. The number of aromatic nitrogens is 2. The zero-order valence-corrected chi connectivity index (χ0v) is 30.7. The molecule has 0 saturated heterocycles. The first-order valence-corrected chi connectivity index (χ1v) is 19.3. The standard InChI is InChI=1S/C54H36N2/c1-4-13-37(14-5-1)38-23-25-39(26-24-38)40-27-31-45(32-28-40)55-51-22-11-10-19-47(51)49-35-42(29-33-52(49)55)43-30-34-53-50(36-43)48-21-12-20-46(41-15-6-2-7-16-41)54(48)56(53)44-17-8-3-9-18-44/h1-36H. The second-order valence-corrected chi connectivity index (χ2v) is 14.5. The highest BCUT2D eigenvalue weighted by Crippen LogP contribution is 2.41. The molecule has 2 heteroatoms. The van der Waals surface area contributed by atoms with E-state index in [-0.39, 0.29) is 0 Å². The van der Waals surface area contributed by atoms with Gasteiger partial charge in [-0.2, -0.15) is 0 Å². The maximum Gasteiger partial charge on any atom is 0.0619 e. The van der Waals surface area contributed by atoms with Crippen LogP contribution in [0.5, 0.6) is 0 Å². The van der Waals surface area contributed by atoms with E-state index in [0.29, 0.717) is 0 Å². The van der Waals surface area contributed by atoms with E-state index in [9.17, 15) is 0 Å². The van der Waals surface area contributed by atoms with E-state index in [4.69, 9.17) is 0 Å². The van der Waals surface area contributed by atoms with Gasteiger partial charge in [-0.05, 0) is 93.5 Å². The van der Waals surface area contributed by atoms with Crippen LogP contribution in [0.25, 0.3) is 99.5 Å². The van der Waals surface area contributed by atoms with E-state index in [1.807, 2.05) is 0 Å². The molecule has 2 aromatic heterocycles. The average molecular weight is 713 g/mol. The predicted octanol–water partition coefficient (Wildman–Crippen LogP) is 14.5. The number of para-hydroxylation sites is 3. The summed E-state index contributed by atoms with van der Waals surface area (Å²) in [7, 11) is 0. The highest BCUT2D eigenvalue weighted by Gasteiger charge is 2.18. The Balaban J connectivity index is 1.01. The van der Waals surface area contributed by atoms with Crippen molar-refractivity contribution in [3.8, 4) is 55.9 Å². The normalized spacial score (nSPS) is 11.6. The second kappa shape index (κ2) is 13.2. The molecule has 2 nitrogen and oxygen atoms in total. The third-order valence-electron chi connectivity index (χ3n) is 11.3. The van der Waals surface area contributed by atoms with Crippen LogP contribution in [-0.4, -0.2) is 9.13 Å². The van der Waals surface area contributed by atoms with Crippen LogP contribution in [0.4, 0.5) is 0 Å². The Hall–Kier alpha value is -7.42. The zero-order chi connectivity index (χ0) is 37.0. The third-order valence-corrected chi connectivity index (χ3v) is 11.3. The molecule has 9 aromatic carbocycles. The highest BCUT2D eigenvalue weighted by molar-refractivity contribution is 6.15. The molecular formula is C54H36N2. The minimum Gasteiger partial charge on any atom is -0.309 e. The summed E-state index contributed by atoms with van der Waals surface area (Å²) >= 11 is 0. The maximum atomic E-state index is 2.43. The van der Waals surface area contributed by atoms with E-state index in [2.05, 4.69) is 228 Å². The van der Waals surface area contributed by atoms with Crippen molar-refractivity contribution in [1.29, 1.82) is 0 Å². The smallest absolute Gasteiger partial charge is 0.0619 e. The van der Waals surface area contributed by atoms with Crippen molar-refractivity contribution in [2.75, 3.05) is 0 Å². The molecule has 11 aromatic rings. The molecule has 0 atom stereocenters. The van der Waals surface area contributed by atoms with E-state index >= 15 is 0 Å². The van der Waals surface area contributed by atoms with Crippen LogP contribution in [0.15, 0.2) is 218 Å². The summed E-state index contributed by atoms with van der Waals surface area (Å²) in [5.41, 5.74) is 16.9. The van der Waals surface area contributed by atoms with Crippen molar-refractivity contribution in [3.63, 3.8) is 0 Å². The fourth-order valence-corrected chi connectivity index (χ4v) is 8.66. The fraction of sp³-hybridized carbons (Fsp3) is 0. The first kappa shape index (κ1) is 32.0. The van der Waals surface area contributed by atoms with Gasteiger partial charge in [-0.25, -0.2) is 0 Å². The van der Waals surface area contributed by atoms with Gasteiger partial charge in [0.25, 0.3) is 0 Å². The highest BCUT2D eigenvalue weighted by atomic mass is 15.0. The molecule has 2 heterocycles. The molecule has 0 N–H and O–H groups in total. The minimum absolute atomic E-state index is 1.15. The van der Waals surface area contributed by atoms with Crippen LogP contribution < -0.4 is 0 Å². The van der Waals surface area contributed by atoms with Gasteiger partial charge in [0.15, 0.2) is 0 Å². The van der Waals surface area contributed by atoms with Crippen molar-refractivity contribution in [1.82, 2.24) is 9.13 Å². The van der Waals surface area contributed by atoms with E-state index in [1.54, 1.807) is 0 Å². The Morgan fingerprint density at radius 2 is 0.661 bits per heavy atom. The molecule has 0 spiro atoms. The van der Waals surface area contributed by atoms with E-state index in [1.165, 1.54) is 88.1 Å². The number of benzene rings is 9. The lowest BCUT2D eigenvalue weighted by Crippen LogP contribution is -1.95. The lowest BCUT2D eigenvalue weighted by Gasteiger charge is -2.12. The van der Waals surface area contributed by atoms with Crippen LogP contribution in [0.2, 0.25) is 0 Å². The van der Waals surface area contributed by atoms with Crippen LogP contribution in [0, 0.1) is 0 Å². The van der Waals surface area contributed by atoms with Crippen LogP contribution >= 0.6 is 0 Å². The van der Waals surface area contributed by atoms with Crippen LogP contribution in [0.3, 0.4) is 0 Å². The number of hydrogen-bond donors (Lipinski definition) is 0. The van der Waals surface area contributed by atoms with Gasteiger partial charge in [0.05, 0.1) is 22.1 Å². The average Bonchev–Trinajstić information content (AvgIpc) is 3.80. The quantitative estimate of drug-likeness (QED) is 0.162. The van der Waals surface area contributed by atoms with Gasteiger partial charge >= 0.3 is 0 Å². The number of fused-ring (bicyclic) bond motifs is 6. The molecule has 0 fully saturated rings. The Morgan fingerprint density at radius 3 is 1.30 bits per heavy atom. The Labute approximate surface area is 325 Å². The first-order valence-electron chi connectivity index (χ1n) is 19.3. The van der Waals surface area contributed by atoms with Crippen LogP contribution in [0.1, 0.15) is 0 Å². The third kappa shape index (κ3) is 5.26. The van der Waals surface area contributed by atoms with Crippen molar-refractivity contribution >= 4 is 43.6 Å². The van der Waals surface area contributed by atoms with E-state index < -0.39 is 0 Å². The van der Waals surface area contributed by atoms with Crippen molar-refractivity contribution in [3.05, 3.63) is 218 Å². The molecule has 0 aliphatic carbocycles. The summed E-state index contributed by atoms with van der Waals surface area (Å²) < 4.78 is 4.83. The SMILES string of the molecule is c1ccc(-c2ccc(-c3ccc(-n4c5ccccc5c5cc(-c6ccc7c(c6)c6cccc(-c8ccccc8)c6n7-c6ccccc6)ccc54)cc3)cc2)cc1. The van der Waals surface area contributed by atoms with Gasteiger partial charge in [-0.3, -0.25) is 0 Å². The van der Waals surface area contributed by atoms with Gasteiger partial charge in [0.2, 0.25) is 0 Å². The largest absolute Gasteiger partial charge is 0.309 e. The van der Waals surface area contributed by atoms with Crippen LogP contribution in [-0.2, 0) is 0 Å². The van der Waals surface area contributed by atoms with Crippen molar-refractivity contribution in [2.45, 2.75) is 0 Å². The lowest BCUT2D eigenvalue weighted by molar-refractivity contribution is 1.18. The van der Waals surface area contributed by atoms with Gasteiger partial charge in [0.1, 0.15) is 0 Å². The molecule has 0 unspecified atom stereocenters. The summed E-state index contributed by atoms with van der Waals surface area (Å²) in [4.78, 5) is 0. The number of nitrogens with zero attached hydrogens (tertiary/aromatic N) is 2. The Kier molecular flexibility index (Phi) is 7.53. The van der Waals surface area contributed by atoms with Gasteiger partial charge in [-0.1, -0.05) is 164 Å². The molecule has 0 radical (unpaired) electrons. The van der Waals surface area contributed by atoms with E-state index in [0.717, 1.165) is 11.4 Å². The molecule has 0 aliphatic rings. The van der Waals surface area contributed by atoms with Gasteiger partial charge in [-0.15, -0.1) is 0 Å². The first-order chi connectivity index (χ1) is 27.8. The predicted molar refractivity (Wildman–Crippen MR) is 237 cm³/mol. The molecule has 0 aliphatic heterocycles. The maximum absolute atomic E-state index is 2.43.